The highest BCUT2D eigenvalue weighted by Crippen LogP contribution is 2.26. The van der Waals surface area contributed by atoms with E-state index in [-0.39, 0.29) is 19.4 Å². The zero-order valence-electron chi connectivity index (χ0n) is 43.7. The molecule has 0 bridgehead atoms. The quantitative estimate of drug-likeness (QED) is 0.0149. The molecule has 1 saturated heterocycles. The maximum absolute atomic E-state index is 13.3. The normalized spacial score (nSPS) is 20.4. The molecule has 11 heteroatoms. The van der Waals surface area contributed by atoms with E-state index in [1.807, 2.05) is 6.08 Å². The van der Waals surface area contributed by atoms with E-state index in [1.54, 1.807) is 6.08 Å². The van der Waals surface area contributed by atoms with Crippen LogP contribution in [-0.4, -0.2) is 99.6 Å². The minimum absolute atomic E-state index is 0.105. The second-order valence-corrected chi connectivity index (χ2v) is 19.0. The lowest BCUT2D eigenvalue weighted by atomic mass is 9.99. The molecule has 398 valence electrons. The van der Waals surface area contributed by atoms with Crippen LogP contribution in [-0.2, 0) is 23.8 Å². The van der Waals surface area contributed by atoms with Crippen molar-refractivity contribution in [2.24, 2.45) is 0 Å². The van der Waals surface area contributed by atoms with Gasteiger partial charge in [0.1, 0.15) is 24.4 Å². The number of ether oxygens (including phenoxy) is 3. The predicted molar refractivity (Wildman–Crippen MR) is 283 cm³/mol. The van der Waals surface area contributed by atoms with Crippen molar-refractivity contribution in [3.05, 3.63) is 72.9 Å². The van der Waals surface area contributed by atoms with E-state index in [9.17, 15) is 35.1 Å². The lowest BCUT2D eigenvalue weighted by Crippen LogP contribution is -2.61. The van der Waals surface area contributed by atoms with E-state index < -0.39 is 67.4 Å². The van der Waals surface area contributed by atoms with Crippen molar-refractivity contribution in [3.63, 3.8) is 0 Å². The van der Waals surface area contributed by atoms with E-state index >= 15 is 0 Å². The Bertz CT molecular complexity index is 1390. The summed E-state index contributed by atoms with van der Waals surface area (Å²) in [5, 5.41) is 56.7. The number of esters is 1. The van der Waals surface area contributed by atoms with Crippen molar-refractivity contribution in [2.75, 3.05) is 13.2 Å². The minimum Gasteiger partial charge on any atom is -0.454 e. The third-order valence-electron chi connectivity index (χ3n) is 12.6. The lowest BCUT2D eigenvalue weighted by molar-refractivity contribution is -0.305. The first-order valence-electron chi connectivity index (χ1n) is 27.7. The third-order valence-corrected chi connectivity index (χ3v) is 12.6. The molecule has 0 aromatic heterocycles. The molecule has 1 rings (SSSR count). The van der Waals surface area contributed by atoms with Gasteiger partial charge in [-0.25, -0.2) is 0 Å². The fraction of sp³-hybridized carbons (Fsp3) is 0.759. The maximum atomic E-state index is 13.3. The number of aliphatic hydroxyl groups is 5. The number of rotatable bonds is 45. The number of unbranched alkanes of at least 4 members (excludes halogenated alkanes) is 22. The fourth-order valence-electron chi connectivity index (χ4n) is 8.18. The average Bonchev–Trinajstić information content (AvgIpc) is 3.34. The number of nitrogens with one attached hydrogen (secondary N) is 1. The molecule has 8 unspecified atom stereocenters. The smallest absolute Gasteiger partial charge is 0.306 e. The number of amides is 1. The van der Waals surface area contributed by atoms with E-state index in [4.69, 9.17) is 14.2 Å². The van der Waals surface area contributed by atoms with Crippen molar-refractivity contribution < 1.29 is 49.3 Å². The second-order valence-electron chi connectivity index (χ2n) is 19.0. The van der Waals surface area contributed by atoms with Gasteiger partial charge in [0.05, 0.1) is 25.4 Å². The molecule has 1 aliphatic rings. The van der Waals surface area contributed by atoms with Gasteiger partial charge in [-0.05, 0) is 83.5 Å². The SMILES string of the molecule is CC/C=C/C/C=C/C/C=C/CCCCCC(O)C(=O)NC(COC1OC(CO)C(O)C(O)C1OC(=O)CCCCCCCC/C=C/C=C/CCCCC)C(O)/C=C/CCCCCCCCCCCC. The maximum Gasteiger partial charge on any atom is 0.306 e. The van der Waals surface area contributed by atoms with Gasteiger partial charge in [-0.1, -0.05) is 203 Å². The Labute approximate surface area is 420 Å². The highest BCUT2D eigenvalue weighted by atomic mass is 16.7. The van der Waals surface area contributed by atoms with Gasteiger partial charge in [0.25, 0.3) is 0 Å². The van der Waals surface area contributed by atoms with Crippen LogP contribution in [0.25, 0.3) is 0 Å². The Morgan fingerprint density at radius 1 is 0.594 bits per heavy atom. The van der Waals surface area contributed by atoms with Crippen LogP contribution in [0.15, 0.2) is 72.9 Å². The van der Waals surface area contributed by atoms with Gasteiger partial charge >= 0.3 is 5.97 Å². The van der Waals surface area contributed by atoms with Crippen LogP contribution in [0.4, 0.5) is 0 Å². The van der Waals surface area contributed by atoms with Crippen LogP contribution in [0.5, 0.6) is 0 Å². The van der Waals surface area contributed by atoms with Gasteiger partial charge in [0.2, 0.25) is 5.91 Å². The topological polar surface area (TPSA) is 175 Å². The molecule has 0 aliphatic carbocycles. The second kappa shape index (κ2) is 46.2. The first-order valence-corrected chi connectivity index (χ1v) is 27.7. The Hall–Kier alpha value is -2.90. The molecule has 0 spiro atoms. The van der Waals surface area contributed by atoms with Crippen LogP contribution >= 0.6 is 0 Å². The van der Waals surface area contributed by atoms with Crippen LogP contribution in [0, 0.1) is 0 Å². The number of aliphatic hydroxyl groups excluding tert-OH is 5. The van der Waals surface area contributed by atoms with Crippen LogP contribution in [0.2, 0.25) is 0 Å². The summed E-state index contributed by atoms with van der Waals surface area (Å²) in [6, 6.07) is -1.04. The molecule has 1 fully saturated rings. The van der Waals surface area contributed by atoms with E-state index in [2.05, 4.69) is 86.8 Å². The van der Waals surface area contributed by atoms with Crippen molar-refractivity contribution in [3.8, 4) is 0 Å². The summed E-state index contributed by atoms with van der Waals surface area (Å²) in [5.41, 5.74) is 0. The zero-order valence-corrected chi connectivity index (χ0v) is 43.7. The number of carbonyl (C=O) groups excluding carboxylic acids is 2. The highest BCUT2D eigenvalue weighted by Gasteiger charge is 2.47. The molecule has 0 saturated carbocycles. The molecule has 1 amide bonds. The van der Waals surface area contributed by atoms with Gasteiger partial charge < -0.3 is 45.1 Å². The Kier molecular flexibility index (Phi) is 42.9. The lowest BCUT2D eigenvalue weighted by Gasteiger charge is -2.41. The summed E-state index contributed by atoms with van der Waals surface area (Å²) in [7, 11) is 0. The average molecular weight is 972 g/mol. The summed E-state index contributed by atoms with van der Waals surface area (Å²) >= 11 is 0. The van der Waals surface area contributed by atoms with E-state index in [0.717, 1.165) is 103 Å². The largest absolute Gasteiger partial charge is 0.454 e. The first kappa shape index (κ1) is 64.1. The summed E-state index contributed by atoms with van der Waals surface area (Å²) < 4.78 is 17.5. The Balaban J connectivity index is 2.78. The number of hydrogen-bond donors (Lipinski definition) is 6. The van der Waals surface area contributed by atoms with Crippen molar-refractivity contribution in [1.82, 2.24) is 5.32 Å². The molecule has 6 N–H and O–H groups in total. The molecule has 0 aromatic carbocycles. The number of hydrogen-bond acceptors (Lipinski definition) is 10. The molecular weight excluding hydrogens is 871 g/mol. The summed E-state index contributed by atoms with van der Waals surface area (Å²) in [4.78, 5) is 26.4. The van der Waals surface area contributed by atoms with Gasteiger partial charge in [-0.3, -0.25) is 9.59 Å². The van der Waals surface area contributed by atoms with Crippen LogP contribution in [0.3, 0.4) is 0 Å². The van der Waals surface area contributed by atoms with Crippen LogP contribution in [0.1, 0.15) is 220 Å². The molecule has 11 nitrogen and oxygen atoms in total. The fourth-order valence-corrected chi connectivity index (χ4v) is 8.18. The predicted octanol–water partition coefficient (Wildman–Crippen LogP) is 12.1. The Morgan fingerprint density at radius 2 is 1.09 bits per heavy atom. The van der Waals surface area contributed by atoms with E-state index in [0.29, 0.717) is 12.8 Å². The first-order chi connectivity index (χ1) is 33.7. The number of carbonyl (C=O) groups is 2. The molecule has 69 heavy (non-hydrogen) atoms. The summed E-state index contributed by atoms with van der Waals surface area (Å²) in [5.74, 6) is -1.24. The van der Waals surface area contributed by atoms with Crippen LogP contribution < -0.4 is 5.32 Å². The van der Waals surface area contributed by atoms with Crippen molar-refractivity contribution in [1.29, 1.82) is 0 Å². The minimum atomic E-state index is -1.62. The summed E-state index contributed by atoms with van der Waals surface area (Å²) in [6.45, 7) is 5.59. The molecular formula is C58H101NO10. The highest BCUT2D eigenvalue weighted by molar-refractivity contribution is 5.80. The monoisotopic (exact) mass is 972 g/mol. The Morgan fingerprint density at radius 3 is 1.68 bits per heavy atom. The van der Waals surface area contributed by atoms with Gasteiger partial charge in [0, 0.05) is 6.42 Å². The molecule has 0 radical (unpaired) electrons. The number of allylic oxidation sites excluding steroid dienone is 11. The van der Waals surface area contributed by atoms with Crippen molar-refractivity contribution in [2.45, 2.75) is 269 Å². The molecule has 8 atom stereocenters. The van der Waals surface area contributed by atoms with Gasteiger partial charge in [-0.15, -0.1) is 0 Å². The van der Waals surface area contributed by atoms with Crippen molar-refractivity contribution >= 4 is 11.9 Å². The van der Waals surface area contributed by atoms with Gasteiger partial charge in [-0.2, -0.15) is 0 Å². The molecule has 1 aliphatic heterocycles. The standard InChI is InChI=1S/C58H101NO10/c1-4-7-10-13-16-19-22-25-26-28-31-34-37-40-43-46-53(63)69-56-55(65)54(64)52(47-60)68-58(56)67-48-49(50(61)44-41-38-35-32-29-24-21-18-15-12-9-6-3)59-57(66)51(62)45-42-39-36-33-30-27-23-20-17-14-11-8-5-2/h8,11,16-17,19-20,22,25,27,30,41,44,49-52,54-56,58,60-62,64-65H,4-7,9-10,12-15,18,21,23-24,26,28-29,31-40,42-43,45-48H2,1-3H3,(H,59,66)/b11-8+,19-16+,20-17+,25-22+,30-27+,44-41+. The molecule has 0 aromatic rings. The summed E-state index contributed by atoms with van der Waals surface area (Å²) in [6.07, 6.45) is 46.6. The zero-order chi connectivity index (χ0) is 50.4. The van der Waals surface area contributed by atoms with E-state index in [1.165, 1.54) is 70.6 Å². The third kappa shape index (κ3) is 35.0. The molecule has 1 heterocycles. The van der Waals surface area contributed by atoms with Gasteiger partial charge in [0.15, 0.2) is 12.4 Å².